The first-order chi connectivity index (χ1) is 8.16. The largest absolute Gasteiger partial charge is 0.295 e. The molecule has 88 valence electrons. The van der Waals surface area contributed by atoms with Gasteiger partial charge in [-0.2, -0.15) is 0 Å². The molecule has 1 N–H and O–H groups in total. The van der Waals surface area contributed by atoms with Gasteiger partial charge in [-0.1, -0.05) is 34.1 Å². The van der Waals surface area contributed by atoms with Crippen molar-refractivity contribution in [3.8, 4) is 0 Å². The van der Waals surface area contributed by atoms with Crippen molar-refractivity contribution >= 4 is 27.7 Å². The van der Waals surface area contributed by atoms with Crippen molar-refractivity contribution in [1.29, 1.82) is 0 Å². The summed E-state index contributed by atoms with van der Waals surface area (Å²) in [5, 5.41) is 2.36. The Bertz CT molecular complexity index is 512. The number of nitrogens with one attached hydrogen (secondary N) is 1. The minimum Gasteiger partial charge on any atom is -0.295 e. The van der Waals surface area contributed by atoms with Crippen LogP contribution in [0.2, 0.25) is 0 Å². The first-order valence-corrected chi connectivity index (χ1v) is 6.69. The topological polar surface area (TPSA) is 46.2 Å². The molecule has 2 aliphatic rings. The molecule has 1 fully saturated rings. The molecule has 1 aromatic carbocycles. The maximum Gasteiger partial charge on any atom is 0.241 e. The number of carbonyl (C=O) groups is 2. The van der Waals surface area contributed by atoms with E-state index in [0.717, 1.165) is 18.4 Å². The van der Waals surface area contributed by atoms with E-state index in [4.69, 9.17) is 0 Å². The summed E-state index contributed by atoms with van der Waals surface area (Å²) in [5.41, 5.74) is 3.65. The Morgan fingerprint density at radius 3 is 2.59 bits per heavy atom. The Hall–Kier alpha value is -1.16. The number of imide groups is 1. The molecular weight excluding hydrogens is 282 g/mol. The Kier molecular flexibility index (Phi) is 2.54. The van der Waals surface area contributed by atoms with Crippen LogP contribution in [0.5, 0.6) is 0 Å². The average molecular weight is 294 g/mol. The number of benzene rings is 1. The number of amides is 2. The lowest BCUT2D eigenvalue weighted by Crippen LogP contribution is -2.22. The van der Waals surface area contributed by atoms with Gasteiger partial charge in [0.15, 0.2) is 0 Å². The minimum absolute atomic E-state index is 0.199. The zero-order chi connectivity index (χ0) is 12.0. The molecule has 3 rings (SSSR count). The second-order valence-corrected chi connectivity index (χ2v) is 5.60. The van der Waals surface area contributed by atoms with Gasteiger partial charge in [-0.3, -0.25) is 14.9 Å². The van der Waals surface area contributed by atoms with Crippen LogP contribution in [-0.4, -0.2) is 16.6 Å². The van der Waals surface area contributed by atoms with Gasteiger partial charge in [0.05, 0.1) is 5.92 Å². The zero-order valence-corrected chi connectivity index (χ0v) is 10.8. The molecular formula is C13H12BrNO2. The molecule has 0 spiro atoms. The molecule has 3 nitrogen and oxygen atoms in total. The van der Waals surface area contributed by atoms with Crippen molar-refractivity contribution in [1.82, 2.24) is 5.32 Å². The van der Waals surface area contributed by atoms with E-state index in [-0.39, 0.29) is 17.7 Å². The summed E-state index contributed by atoms with van der Waals surface area (Å²) in [6.07, 6.45) is 3.40. The van der Waals surface area contributed by atoms with E-state index >= 15 is 0 Å². The Morgan fingerprint density at radius 1 is 1.12 bits per heavy atom. The van der Waals surface area contributed by atoms with E-state index in [2.05, 4.69) is 33.4 Å². The normalized spacial score (nSPS) is 27.1. The van der Waals surface area contributed by atoms with Crippen molar-refractivity contribution in [2.45, 2.75) is 30.0 Å². The van der Waals surface area contributed by atoms with E-state index in [0.29, 0.717) is 0 Å². The van der Waals surface area contributed by atoms with Gasteiger partial charge in [0, 0.05) is 0 Å². The molecule has 0 aromatic heterocycles. The highest BCUT2D eigenvalue weighted by molar-refractivity contribution is 9.10. The molecule has 1 aliphatic heterocycles. The van der Waals surface area contributed by atoms with Gasteiger partial charge >= 0.3 is 0 Å². The molecule has 2 atom stereocenters. The third-order valence-electron chi connectivity index (χ3n) is 3.55. The lowest BCUT2D eigenvalue weighted by molar-refractivity contribution is -0.125. The SMILES string of the molecule is O=C1NC(=O)C(c2ccc3c(c2)CCC3)C1Br. The summed E-state index contributed by atoms with van der Waals surface area (Å²) in [4.78, 5) is 22.7. The smallest absolute Gasteiger partial charge is 0.241 e. The Morgan fingerprint density at radius 2 is 1.88 bits per heavy atom. The van der Waals surface area contributed by atoms with Crippen molar-refractivity contribution in [2.24, 2.45) is 0 Å². The number of rotatable bonds is 1. The Balaban J connectivity index is 1.99. The number of fused-ring (bicyclic) bond motifs is 1. The van der Waals surface area contributed by atoms with Crippen molar-refractivity contribution in [2.75, 3.05) is 0 Å². The monoisotopic (exact) mass is 293 g/mol. The molecule has 17 heavy (non-hydrogen) atoms. The van der Waals surface area contributed by atoms with Crippen molar-refractivity contribution in [3.05, 3.63) is 34.9 Å². The third kappa shape index (κ3) is 1.71. The van der Waals surface area contributed by atoms with Crippen LogP contribution in [0.25, 0.3) is 0 Å². The van der Waals surface area contributed by atoms with Gasteiger partial charge in [0.1, 0.15) is 4.83 Å². The van der Waals surface area contributed by atoms with Crippen LogP contribution >= 0.6 is 15.9 Å². The molecule has 0 radical (unpaired) electrons. The van der Waals surface area contributed by atoms with E-state index in [1.165, 1.54) is 17.5 Å². The van der Waals surface area contributed by atoms with Gasteiger partial charge in [-0.05, 0) is 36.0 Å². The van der Waals surface area contributed by atoms with Gasteiger partial charge in [0.2, 0.25) is 11.8 Å². The summed E-state index contributed by atoms with van der Waals surface area (Å²) < 4.78 is 0. The van der Waals surface area contributed by atoms with Gasteiger partial charge in [-0.25, -0.2) is 0 Å². The Labute approximate surface area is 108 Å². The maximum atomic E-state index is 11.7. The van der Waals surface area contributed by atoms with E-state index < -0.39 is 4.83 Å². The quantitative estimate of drug-likeness (QED) is 0.633. The number of aryl methyl sites for hydroxylation is 2. The van der Waals surface area contributed by atoms with Crippen LogP contribution in [0.3, 0.4) is 0 Å². The molecule has 4 heteroatoms. The van der Waals surface area contributed by atoms with E-state index in [9.17, 15) is 9.59 Å². The summed E-state index contributed by atoms with van der Waals surface area (Å²) in [6.45, 7) is 0. The summed E-state index contributed by atoms with van der Waals surface area (Å²) >= 11 is 3.29. The fourth-order valence-corrected chi connectivity index (χ4v) is 3.32. The first-order valence-electron chi connectivity index (χ1n) is 5.77. The van der Waals surface area contributed by atoms with Crippen LogP contribution < -0.4 is 5.32 Å². The second kappa shape index (κ2) is 3.95. The van der Waals surface area contributed by atoms with Crippen LogP contribution in [0.1, 0.15) is 29.0 Å². The van der Waals surface area contributed by atoms with Crippen LogP contribution in [0.15, 0.2) is 18.2 Å². The third-order valence-corrected chi connectivity index (χ3v) is 4.50. The van der Waals surface area contributed by atoms with Crippen molar-refractivity contribution < 1.29 is 9.59 Å². The van der Waals surface area contributed by atoms with Gasteiger partial charge in [-0.15, -0.1) is 0 Å². The van der Waals surface area contributed by atoms with E-state index in [1.54, 1.807) is 0 Å². The minimum atomic E-state index is -0.436. The highest BCUT2D eigenvalue weighted by Gasteiger charge is 2.41. The highest BCUT2D eigenvalue weighted by atomic mass is 79.9. The van der Waals surface area contributed by atoms with Crippen molar-refractivity contribution in [3.63, 3.8) is 0 Å². The maximum absolute atomic E-state index is 11.7. The summed E-state index contributed by atoms with van der Waals surface area (Å²) in [5.74, 6) is -0.816. The number of alkyl halides is 1. The number of halogens is 1. The first kappa shape index (κ1) is 11.0. The predicted octanol–water partition coefficient (Wildman–Crippen LogP) is 1.68. The van der Waals surface area contributed by atoms with Crippen LogP contribution in [-0.2, 0) is 22.4 Å². The predicted molar refractivity (Wildman–Crippen MR) is 67.1 cm³/mol. The summed E-state index contributed by atoms with van der Waals surface area (Å²) in [6, 6.07) is 6.15. The van der Waals surface area contributed by atoms with E-state index in [1.807, 2.05) is 6.07 Å². The standard InChI is InChI=1S/C13H12BrNO2/c14-11-10(12(16)15-13(11)17)9-5-4-7-2-1-3-8(7)6-9/h4-6,10-11H,1-3H2,(H,15,16,17). The van der Waals surface area contributed by atoms with Gasteiger partial charge in [0.25, 0.3) is 0 Å². The number of hydrogen-bond donors (Lipinski definition) is 1. The van der Waals surface area contributed by atoms with Gasteiger partial charge < -0.3 is 0 Å². The molecule has 2 unspecified atom stereocenters. The lowest BCUT2D eigenvalue weighted by Gasteiger charge is -2.11. The molecule has 1 heterocycles. The zero-order valence-electron chi connectivity index (χ0n) is 9.20. The number of carbonyl (C=O) groups excluding carboxylic acids is 2. The number of hydrogen-bond acceptors (Lipinski definition) is 2. The second-order valence-electron chi connectivity index (χ2n) is 4.61. The average Bonchev–Trinajstić information content (AvgIpc) is 2.84. The molecule has 1 saturated heterocycles. The lowest BCUT2D eigenvalue weighted by atomic mass is 9.94. The van der Waals surface area contributed by atoms with Crippen LogP contribution in [0, 0.1) is 0 Å². The molecule has 1 aliphatic carbocycles. The molecule has 1 aromatic rings. The fraction of sp³-hybridized carbons (Fsp3) is 0.385. The highest BCUT2D eigenvalue weighted by Crippen LogP contribution is 2.33. The molecule has 0 saturated carbocycles. The van der Waals surface area contributed by atoms with Crippen LogP contribution in [0.4, 0.5) is 0 Å². The fourth-order valence-electron chi connectivity index (χ4n) is 2.66. The molecule has 0 bridgehead atoms. The molecule has 2 amide bonds. The summed E-state index contributed by atoms with van der Waals surface area (Å²) in [7, 11) is 0.